The third kappa shape index (κ3) is 25.2. The Labute approximate surface area is 788 Å². The molecule has 5 aliphatic rings. The predicted molar refractivity (Wildman–Crippen MR) is 546 cm³/mol. The maximum atomic E-state index is 6.59. The number of piperidine rings is 1. The fourth-order valence-electron chi connectivity index (χ4n) is 15.8. The Hall–Kier alpha value is -11.3. The molecule has 12 aromatic rings. The van der Waals surface area contributed by atoms with Gasteiger partial charge in [0.2, 0.25) is 23.8 Å². The van der Waals surface area contributed by atoms with Gasteiger partial charge in [0.1, 0.15) is 5.82 Å². The Kier molecular flexibility index (Phi) is 31.6. The first-order chi connectivity index (χ1) is 62.0. The molecule has 17 rings (SSSR count). The van der Waals surface area contributed by atoms with Crippen molar-refractivity contribution in [1.29, 1.82) is 0 Å². The third-order valence-corrected chi connectivity index (χ3v) is 24.4. The number of halogens is 2. The van der Waals surface area contributed by atoms with Gasteiger partial charge in [-0.25, -0.2) is 44.9 Å². The summed E-state index contributed by atoms with van der Waals surface area (Å²) in [5.41, 5.74) is 27.5. The molecule has 5 aliphatic heterocycles. The molecule has 1 atom stereocenters. The number of aryl methyl sites for hydroxylation is 7. The van der Waals surface area contributed by atoms with Crippen molar-refractivity contribution in [2.24, 2.45) is 0 Å². The summed E-state index contributed by atoms with van der Waals surface area (Å²) in [5.74, 6) is 3.11. The maximum Gasteiger partial charge on any atom is 0.227 e. The van der Waals surface area contributed by atoms with Gasteiger partial charge in [0, 0.05) is 186 Å². The highest BCUT2D eigenvalue weighted by molar-refractivity contribution is 7.81. The van der Waals surface area contributed by atoms with Crippen molar-refractivity contribution in [3.8, 4) is 45.0 Å². The van der Waals surface area contributed by atoms with E-state index in [1.807, 2.05) is 106 Å². The molecule has 0 spiro atoms. The first kappa shape index (κ1) is 93.9. The zero-order valence-corrected chi connectivity index (χ0v) is 80.5. The average Bonchev–Trinajstić information content (AvgIpc) is 1.71. The highest BCUT2D eigenvalue weighted by Crippen LogP contribution is 2.41. The van der Waals surface area contributed by atoms with E-state index in [0.29, 0.717) is 60.5 Å². The van der Waals surface area contributed by atoms with Crippen LogP contribution in [0.4, 0.5) is 75.1 Å². The molecule has 4 aromatic carbocycles. The van der Waals surface area contributed by atoms with Crippen LogP contribution in [0.3, 0.4) is 0 Å². The van der Waals surface area contributed by atoms with Gasteiger partial charge < -0.3 is 71.9 Å². The minimum absolute atomic E-state index is 0.518. The van der Waals surface area contributed by atoms with Crippen LogP contribution in [-0.4, -0.2) is 220 Å². The first-order valence-corrected chi connectivity index (χ1v) is 45.8. The fourth-order valence-corrected chi connectivity index (χ4v) is 17.2. The molecule has 1 unspecified atom stereocenters. The van der Waals surface area contributed by atoms with E-state index in [9.17, 15) is 0 Å². The van der Waals surface area contributed by atoms with Crippen LogP contribution in [0.2, 0.25) is 10.0 Å². The summed E-state index contributed by atoms with van der Waals surface area (Å²) < 4.78 is 0. The molecule has 0 bridgehead atoms. The SMILES string of the molecule is CN(C)CCCc1cc2c(cc1Cl)NC(=S)Cc1cnc(Nc3cccnc3)nc1-2.Cc1ccc2c(c1)NC(=S)Cc1cnc(Nc3cc(CCCN(C)C)cnc3C)nc1-2.Cc1ccc2c(c1)NC(=S)Cc1cnc(Nc3ccc(N(C)CCN(C)C)nc3C)nc1-2.Cc1ncc(CCN2CCCC(N(C)C)C2)cc1Nc1ncc2c(n1)-c1ccc(Cl)cc1NC(=S)C2. The lowest BCUT2D eigenvalue weighted by Crippen LogP contribution is -2.45. The summed E-state index contributed by atoms with van der Waals surface area (Å²) >= 11 is 34.9. The van der Waals surface area contributed by atoms with E-state index in [2.05, 4.69) is 239 Å². The van der Waals surface area contributed by atoms with Crippen molar-refractivity contribution in [2.75, 3.05) is 157 Å². The van der Waals surface area contributed by atoms with Crippen molar-refractivity contribution in [2.45, 2.75) is 111 Å². The van der Waals surface area contributed by atoms with Gasteiger partial charge in [0.25, 0.3) is 0 Å². The van der Waals surface area contributed by atoms with Gasteiger partial charge in [-0.05, 0) is 262 Å². The number of nitrogens with zero attached hydrogens (tertiary/aromatic N) is 18. The number of hydrogen-bond acceptors (Lipinski definition) is 26. The van der Waals surface area contributed by atoms with Gasteiger partial charge in [0.15, 0.2) is 0 Å². The summed E-state index contributed by atoms with van der Waals surface area (Å²) in [6.07, 6.45) is 24.8. The Bertz CT molecular complexity index is 6090. The molecule has 26 nitrogen and oxygen atoms in total. The topological polar surface area (TPSA) is 270 Å². The van der Waals surface area contributed by atoms with Crippen molar-refractivity contribution in [3.63, 3.8) is 0 Å². The Morgan fingerprint density at radius 2 is 0.899 bits per heavy atom. The van der Waals surface area contributed by atoms with Gasteiger partial charge >= 0.3 is 0 Å². The van der Waals surface area contributed by atoms with E-state index in [-0.39, 0.29) is 0 Å². The van der Waals surface area contributed by atoms with Crippen LogP contribution in [-0.2, 0) is 44.9 Å². The lowest BCUT2D eigenvalue weighted by molar-refractivity contribution is 0.134. The highest BCUT2D eigenvalue weighted by Gasteiger charge is 2.28. The third-order valence-electron chi connectivity index (χ3n) is 22.8. The number of fused-ring (bicyclic) bond motifs is 12. The lowest BCUT2D eigenvalue weighted by Gasteiger charge is -2.36. The lowest BCUT2D eigenvalue weighted by atomic mass is 10.00. The van der Waals surface area contributed by atoms with Gasteiger partial charge in [-0.2, -0.15) is 0 Å². The molecule has 1 saturated heterocycles. The predicted octanol–water partition coefficient (Wildman–Crippen LogP) is 18.7. The number of aromatic nitrogens is 12. The standard InChI is InChI=1S/C27H32ClN7S.C24H29N7S.C24H28N6S.C22H23ClN6S/c1-17-23(11-18(14-29-17)8-10-35-9-4-5-21(16-35)34(2)3)32-27-30-15-19-12-25(36)31-24-13-20(28)6-7-22(24)26(19)33-27;1-15-6-7-18-20(12-15)27-22(32)13-17-14-25-24(29-23(17)18)28-19-8-9-21(26-16(19)2)31(5)11-10-30(3)4;1-15-7-8-19-21(10-15)27-22(31)12-18-14-26-24(29-23(18)19)28-20-11-17(13-25-16(20)2)6-5-9-30(3)4;1-29(2)8-4-5-14-9-17-19(11-18(14)23)27-20(30)10-15-12-25-22(28-21(15)17)26-16-6-3-7-24-13-16/h6-7,11,13-15,21H,4-5,8-10,12,16H2,1-3H3,(H,31,36)(H,30,32,33);6-9,12,14H,10-11,13H2,1-5H3,(H,27,32)(H,25,28,29);7-8,10-11,13-14H,5-6,9,12H2,1-4H3,(H,27,31)(H,26,28,29);3,6-7,9,11-13H,4-5,8,10H2,1-2H3,(H,27,30)(H,25,26,28). The summed E-state index contributed by atoms with van der Waals surface area (Å²) in [4.78, 5) is 72.3. The van der Waals surface area contributed by atoms with E-state index in [0.717, 1.165) is 238 Å². The van der Waals surface area contributed by atoms with Crippen LogP contribution >= 0.6 is 72.1 Å². The smallest absolute Gasteiger partial charge is 0.227 e. The van der Waals surface area contributed by atoms with E-state index in [1.54, 1.807) is 12.4 Å². The van der Waals surface area contributed by atoms with E-state index in [4.69, 9.17) is 97.0 Å². The van der Waals surface area contributed by atoms with Gasteiger partial charge in [-0.15, -0.1) is 0 Å². The summed E-state index contributed by atoms with van der Waals surface area (Å²) in [7, 11) is 18.9. The monoisotopic (exact) mass is 1840 g/mol. The summed E-state index contributed by atoms with van der Waals surface area (Å²) in [6.45, 7) is 17.4. The average molecular weight is 1840 g/mol. The number of hydrogen-bond donors (Lipinski definition) is 8. The molecule has 13 heterocycles. The van der Waals surface area contributed by atoms with Gasteiger partial charge in [-0.1, -0.05) is 96.3 Å². The first-order valence-electron chi connectivity index (χ1n) is 43.4. The number of likely N-dealkylation sites (tertiary alicyclic amines) is 1. The molecule has 32 heteroatoms. The number of benzene rings is 4. The largest absolute Gasteiger partial charge is 0.358 e. The molecular weight excluding hydrogens is 1730 g/mol. The highest BCUT2D eigenvalue weighted by atomic mass is 35.5. The van der Waals surface area contributed by atoms with Crippen LogP contribution < -0.4 is 47.4 Å². The second-order valence-corrected chi connectivity index (χ2v) is 37.1. The van der Waals surface area contributed by atoms with E-state index < -0.39 is 0 Å². The molecule has 0 aliphatic carbocycles. The Morgan fingerprint density at radius 3 is 1.39 bits per heavy atom. The molecule has 668 valence electrons. The van der Waals surface area contributed by atoms with Crippen molar-refractivity contribution in [1.82, 2.24) is 84.3 Å². The molecule has 8 aromatic heterocycles. The van der Waals surface area contributed by atoms with Gasteiger partial charge in [-0.3, -0.25) is 15.0 Å². The molecular formula is C97H112Cl2N26S4. The normalized spacial score (nSPS) is 14.1. The van der Waals surface area contributed by atoms with Crippen LogP contribution in [0, 0.1) is 34.6 Å². The second-order valence-electron chi connectivity index (χ2n) is 34.3. The fraction of sp³-hybridized carbons (Fsp3) is 0.340. The van der Waals surface area contributed by atoms with Crippen LogP contribution in [0.15, 0.2) is 153 Å². The Morgan fingerprint density at radius 1 is 0.434 bits per heavy atom. The number of pyridine rings is 4. The summed E-state index contributed by atoms with van der Waals surface area (Å²) in [6, 6.07) is 35.2. The number of nitrogens with one attached hydrogen (secondary N) is 8. The van der Waals surface area contributed by atoms with E-state index in [1.165, 1.54) is 41.6 Å². The number of anilines is 13. The molecule has 0 radical (unpaired) electrons. The maximum absolute atomic E-state index is 6.59. The van der Waals surface area contributed by atoms with Crippen LogP contribution in [0.5, 0.6) is 0 Å². The van der Waals surface area contributed by atoms with Gasteiger partial charge in [0.05, 0.1) is 88.8 Å². The minimum Gasteiger partial charge on any atom is -0.358 e. The number of rotatable bonds is 24. The quantitative estimate of drug-likeness (QED) is 0.0261. The number of likely N-dealkylation sites (N-methyl/N-ethyl adjacent to an activating group) is 3. The van der Waals surface area contributed by atoms with Crippen molar-refractivity contribution >= 4 is 167 Å². The molecule has 129 heavy (non-hydrogen) atoms. The minimum atomic E-state index is 0.518. The van der Waals surface area contributed by atoms with Crippen molar-refractivity contribution < 1.29 is 0 Å². The Balaban J connectivity index is 0.000000139. The molecule has 0 saturated carbocycles. The van der Waals surface area contributed by atoms with E-state index >= 15 is 0 Å². The zero-order valence-electron chi connectivity index (χ0n) is 75.7. The van der Waals surface area contributed by atoms with Crippen LogP contribution in [0.25, 0.3) is 45.0 Å². The molecule has 8 N–H and O–H groups in total. The molecule has 0 amide bonds. The second kappa shape index (κ2) is 43.4. The van der Waals surface area contributed by atoms with Crippen molar-refractivity contribution in [3.05, 3.63) is 230 Å². The summed E-state index contributed by atoms with van der Waals surface area (Å²) in [5, 5.41) is 28.1. The molecule has 1 fully saturated rings. The van der Waals surface area contributed by atoms with Crippen LogP contribution in [0.1, 0.15) is 92.8 Å². The zero-order chi connectivity index (χ0) is 91.1. The number of thiocarbonyl (C=S) groups is 4.